The Labute approximate surface area is 162 Å². The number of halogens is 2. The van der Waals surface area contributed by atoms with Crippen molar-refractivity contribution in [3.63, 3.8) is 0 Å². The van der Waals surface area contributed by atoms with Gasteiger partial charge in [-0.2, -0.15) is 9.78 Å². The Kier molecular flexibility index (Phi) is 5.60. The summed E-state index contributed by atoms with van der Waals surface area (Å²) in [7, 11) is -3.08. The number of benzene rings is 1. The highest BCUT2D eigenvalue weighted by atomic mass is 35.5. The fraction of sp³-hybridized carbons (Fsp3) is 0.412. The predicted octanol–water partition coefficient (Wildman–Crippen LogP) is 3.31. The molecule has 1 aromatic carbocycles. The van der Waals surface area contributed by atoms with Crippen molar-refractivity contribution < 1.29 is 8.42 Å². The van der Waals surface area contributed by atoms with Gasteiger partial charge in [-0.1, -0.05) is 29.6 Å². The lowest BCUT2D eigenvalue weighted by Crippen LogP contribution is -2.35. The lowest BCUT2D eigenvalue weighted by molar-refractivity contribution is 0.452. The Morgan fingerprint density at radius 2 is 1.88 bits per heavy atom. The van der Waals surface area contributed by atoms with Crippen LogP contribution in [-0.4, -0.2) is 35.7 Å². The molecule has 6 nitrogen and oxygen atoms in total. The first kappa shape index (κ1) is 19.2. The van der Waals surface area contributed by atoms with Gasteiger partial charge in [0.2, 0.25) is 0 Å². The highest BCUT2D eigenvalue weighted by molar-refractivity contribution is 7.91. The summed E-state index contributed by atoms with van der Waals surface area (Å²) in [6.45, 7) is 0. The summed E-state index contributed by atoms with van der Waals surface area (Å²) in [4.78, 5) is 12.5. The van der Waals surface area contributed by atoms with Crippen molar-refractivity contribution in [2.45, 2.75) is 37.0 Å². The van der Waals surface area contributed by atoms with E-state index in [1.54, 1.807) is 24.3 Å². The minimum Gasteiger partial charge on any atom is -0.380 e. The summed E-state index contributed by atoms with van der Waals surface area (Å²) < 4.78 is 24.8. The van der Waals surface area contributed by atoms with Crippen LogP contribution in [0.5, 0.6) is 0 Å². The SMILES string of the molecule is CS(=O)(=O)C1CCCC(Nc2cnn(-c3ccc(Cl)cc3)c(=O)c2Cl)C1. The molecule has 0 aliphatic heterocycles. The van der Waals surface area contributed by atoms with Crippen LogP contribution in [0.4, 0.5) is 5.69 Å². The lowest BCUT2D eigenvalue weighted by atomic mass is 9.95. The molecule has 9 heteroatoms. The Balaban J connectivity index is 1.82. The van der Waals surface area contributed by atoms with Gasteiger partial charge in [-0.05, 0) is 43.5 Å². The third kappa shape index (κ3) is 4.22. The van der Waals surface area contributed by atoms with Crippen LogP contribution in [-0.2, 0) is 9.84 Å². The van der Waals surface area contributed by atoms with Crippen molar-refractivity contribution >= 4 is 38.7 Å². The maximum absolute atomic E-state index is 12.5. The third-order valence-corrected chi connectivity index (χ3v) is 6.84. The zero-order valence-corrected chi connectivity index (χ0v) is 16.5. The average molecular weight is 416 g/mol. The molecule has 1 heterocycles. The second-order valence-electron chi connectivity index (χ2n) is 6.53. The molecule has 0 radical (unpaired) electrons. The fourth-order valence-electron chi connectivity index (χ4n) is 3.18. The van der Waals surface area contributed by atoms with Crippen LogP contribution in [0.25, 0.3) is 5.69 Å². The monoisotopic (exact) mass is 415 g/mol. The van der Waals surface area contributed by atoms with Gasteiger partial charge in [-0.15, -0.1) is 0 Å². The molecule has 1 aliphatic carbocycles. The summed E-state index contributed by atoms with van der Waals surface area (Å²) in [5.41, 5.74) is 0.526. The predicted molar refractivity (Wildman–Crippen MR) is 104 cm³/mol. The van der Waals surface area contributed by atoms with Gasteiger partial charge in [0.15, 0.2) is 0 Å². The summed E-state index contributed by atoms with van der Waals surface area (Å²) in [5.74, 6) is 0. The first-order valence-electron chi connectivity index (χ1n) is 8.25. The molecule has 0 bridgehead atoms. The highest BCUT2D eigenvalue weighted by Crippen LogP contribution is 2.28. The minimum atomic E-state index is -3.08. The van der Waals surface area contributed by atoms with Gasteiger partial charge < -0.3 is 5.32 Å². The van der Waals surface area contributed by atoms with E-state index < -0.39 is 15.4 Å². The smallest absolute Gasteiger partial charge is 0.292 e. The van der Waals surface area contributed by atoms with E-state index >= 15 is 0 Å². The molecule has 2 atom stereocenters. The van der Waals surface area contributed by atoms with Gasteiger partial charge in [0.25, 0.3) is 5.56 Å². The molecule has 2 aromatic rings. The molecule has 26 heavy (non-hydrogen) atoms. The molecule has 0 amide bonds. The van der Waals surface area contributed by atoms with Gasteiger partial charge in [0.05, 0.1) is 22.8 Å². The van der Waals surface area contributed by atoms with Gasteiger partial charge in [0, 0.05) is 17.3 Å². The highest BCUT2D eigenvalue weighted by Gasteiger charge is 2.29. The molecular formula is C17H19Cl2N3O3S. The first-order chi connectivity index (χ1) is 12.3. The zero-order valence-electron chi connectivity index (χ0n) is 14.2. The number of anilines is 1. The molecule has 0 spiro atoms. The van der Waals surface area contributed by atoms with Crippen molar-refractivity contribution in [1.29, 1.82) is 0 Å². The topological polar surface area (TPSA) is 81.1 Å². The van der Waals surface area contributed by atoms with Crippen LogP contribution in [0.1, 0.15) is 25.7 Å². The van der Waals surface area contributed by atoms with Crippen LogP contribution in [0.2, 0.25) is 10.0 Å². The molecule has 1 fully saturated rings. The second kappa shape index (κ2) is 7.58. The molecule has 1 aliphatic rings. The summed E-state index contributed by atoms with van der Waals surface area (Å²) >= 11 is 12.1. The molecule has 1 saturated carbocycles. The number of sulfone groups is 1. The van der Waals surface area contributed by atoms with E-state index in [0.29, 0.717) is 29.2 Å². The number of aromatic nitrogens is 2. The molecule has 3 rings (SSSR count). The largest absolute Gasteiger partial charge is 0.380 e. The van der Waals surface area contributed by atoms with E-state index in [1.165, 1.54) is 17.1 Å². The van der Waals surface area contributed by atoms with Crippen molar-refractivity contribution in [1.82, 2.24) is 9.78 Å². The number of nitrogens with zero attached hydrogens (tertiary/aromatic N) is 2. The Morgan fingerprint density at radius 1 is 1.19 bits per heavy atom. The molecule has 0 saturated heterocycles. The van der Waals surface area contributed by atoms with E-state index in [1.807, 2.05) is 0 Å². The van der Waals surface area contributed by atoms with Crippen LogP contribution in [0, 0.1) is 0 Å². The van der Waals surface area contributed by atoms with Crippen molar-refractivity contribution in [3.8, 4) is 5.69 Å². The summed E-state index contributed by atoms with van der Waals surface area (Å²) in [5, 5.41) is 7.57. The second-order valence-corrected chi connectivity index (χ2v) is 9.67. The van der Waals surface area contributed by atoms with E-state index in [2.05, 4.69) is 10.4 Å². The van der Waals surface area contributed by atoms with Gasteiger partial charge in [0.1, 0.15) is 14.9 Å². The zero-order chi connectivity index (χ0) is 18.9. The number of hydrogen-bond donors (Lipinski definition) is 1. The van der Waals surface area contributed by atoms with Crippen LogP contribution in [0.15, 0.2) is 35.3 Å². The molecule has 140 valence electrons. The van der Waals surface area contributed by atoms with Crippen molar-refractivity contribution in [3.05, 3.63) is 50.9 Å². The van der Waals surface area contributed by atoms with Crippen LogP contribution < -0.4 is 10.9 Å². The van der Waals surface area contributed by atoms with Crippen molar-refractivity contribution in [2.24, 2.45) is 0 Å². The quantitative estimate of drug-likeness (QED) is 0.827. The molecule has 1 N–H and O–H groups in total. The Hall–Kier alpha value is -1.57. The van der Waals surface area contributed by atoms with Gasteiger partial charge >= 0.3 is 0 Å². The third-order valence-electron chi connectivity index (χ3n) is 4.58. The maximum atomic E-state index is 12.5. The average Bonchev–Trinajstić information content (AvgIpc) is 2.60. The maximum Gasteiger partial charge on any atom is 0.292 e. The van der Waals surface area contributed by atoms with Crippen LogP contribution in [0.3, 0.4) is 0 Å². The van der Waals surface area contributed by atoms with E-state index in [4.69, 9.17) is 23.2 Å². The lowest BCUT2D eigenvalue weighted by Gasteiger charge is -2.29. The van der Waals surface area contributed by atoms with Crippen LogP contribution >= 0.6 is 23.2 Å². The fourth-order valence-corrected chi connectivity index (χ4v) is 4.67. The van der Waals surface area contributed by atoms with E-state index in [0.717, 1.165) is 12.8 Å². The Morgan fingerprint density at radius 3 is 2.54 bits per heavy atom. The molecular weight excluding hydrogens is 397 g/mol. The first-order valence-corrected chi connectivity index (χ1v) is 11.0. The van der Waals surface area contributed by atoms with E-state index in [-0.39, 0.29) is 16.3 Å². The number of nitrogens with one attached hydrogen (secondary N) is 1. The summed E-state index contributed by atoms with van der Waals surface area (Å²) in [6.07, 6.45) is 5.55. The number of rotatable bonds is 4. The minimum absolute atomic E-state index is 0.0245. The van der Waals surface area contributed by atoms with Gasteiger partial charge in [-0.25, -0.2) is 8.42 Å². The molecule has 2 unspecified atom stereocenters. The van der Waals surface area contributed by atoms with Crippen molar-refractivity contribution in [2.75, 3.05) is 11.6 Å². The normalized spacial score (nSPS) is 20.7. The summed E-state index contributed by atoms with van der Waals surface area (Å²) in [6, 6.07) is 6.63. The van der Waals surface area contributed by atoms with Gasteiger partial charge in [-0.3, -0.25) is 4.79 Å². The number of hydrogen-bond acceptors (Lipinski definition) is 5. The molecule has 1 aromatic heterocycles. The standard InChI is InChI=1S/C17H19Cl2N3O3S/c1-26(24,25)14-4-2-3-12(9-14)21-15-10-20-22(17(23)16(15)19)13-7-5-11(18)6-8-13/h5-8,10,12,14,21H,2-4,9H2,1H3. The Bertz CT molecular complexity index is 958. The van der Waals surface area contributed by atoms with E-state index in [9.17, 15) is 13.2 Å².